The summed E-state index contributed by atoms with van der Waals surface area (Å²) in [5, 5.41) is 6.86. The predicted molar refractivity (Wildman–Crippen MR) is 67.6 cm³/mol. The molecule has 1 rings (SSSR count). The van der Waals surface area contributed by atoms with Crippen LogP contribution in [0.15, 0.2) is 0 Å². The second kappa shape index (κ2) is 6.04. The lowest BCUT2D eigenvalue weighted by molar-refractivity contribution is -0.122. The van der Waals surface area contributed by atoms with Crippen molar-refractivity contribution in [1.82, 2.24) is 15.1 Å². The summed E-state index contributed by atoms with van der Waals surface area (Å²) >= 11 is 0. The normalized spacial score (nSPS) is 10.3. The summed E-state index contributed by atoms with van der Waals surface area (Å²) in [6, 6.07) is 0. The summed E-state index contributed by atoms with van der Waals surface area (Å²) in [6.07, 6.45) is 0.813. The van der Waals surface area contributed by atoms with Crippen LogP contribution in [0.4, 0.5) is 5.69 Å². The average molecular weight is 253 g/mol. The van der Waals surface area contributed by atoms with Crippen molar-refractivity contribution in [2.24, 2.45) is 5.73 Å². The van der Waals surface area contributed by atoms with Crippen molar-refractivity contribution in [3.8, 4) is 0 Å². The van der Waals surface area contributed by atoms with E-state index in [4.69, 9.17) is 11.5 Å². The van der Waals surface area contributed by atoms with Gasteiger partial charge in [-0.3, -0.25) is 14.3 Å². The van der Waals surface area contributed by atoms with Crippen molar-refractivity contribution < 1.29 is 9.59 Å². The van der Waals surface area contributed by atoms with Crippen molar-refractivity contribution in [2.45, 2.75) is 33.2 Å². The Morgan fingerprint density at radius 2 is 2.06 bits per heavy atom. The number of nitrogens with zero attached hydrogens (tertiary/aromatic N) is 2. The third-order valence-electron chi connectivity index (χ3n) is 2.65. The van der Waals surface area contributed by atoms with Crippen LogP contribution in [0, 0.1) is 13.8 Å². The predicted octanol–water partition coefficient (Wildman–Crippen LogP) is -0.536. The van der Waals surface area contributed by atoms with Gasteiger partial charge in [-0.2, -0.15) is 5.10 Å². The fourth-order valence-corrected chi connectivity index (χ4v) is 1.55. The Balaban J connectivity index is 2.40. The molecule has 0 spiro atoms. The number of nitrogens with one attached hydrogen (secondary N) is 1. The quantitative estimate of drug-likeness (QED) is 0.590. The van der Waals surface area contributed by atoms with Crippen LogP contribution < -0.4 is 16.8 Å². The highest BCUT2D eigenvalue weighted by Gasteiger charge is 2.10. The van der Waals surface area contributed by atoms with Gasteiger partial charge < -0.3 is 16.8 Å². The van der Waals surface area contributed by atoms with Crippen molar-refractivity contribution >= 4 is 17.5 Å². The number of nitrogen functional groups attached to an aromatic ring is 1. The first-order valence-corrected chi connectivity index (χ1v) is 5.76. The molecule has 1 aromatic heterocycles. The van der Waals surface area contributed by atoms with Crippen molar-refractivity contribution in [3.05, 3.63) is 11.4 Å². The van der Waals surface area contributed by atoms with E-state index in [1.165, 1.54) is 0 Å². The molecule has 0 saturated heterocycles. The van der Waals surface area contributed by atoms with Gasteiger partial charge in [-0.25, -0.2) is 0 Å². The molecule has 0 saturated carbocycles. The number of hydrogen-bond donors (Lipinski definition) is 3. The molecule has 0 radical (unpaired) electrons. The maximum Gasteiger partial charge on any atom is 0.241 e. The maximum absolute atomic E-state index is 11.6. The molecule has 1 heterocycles. The molecular weight excluding hydrogens is 234 g/mol. The van der Waals surface area contributed by atoms with Gasteiger partial charge in [-0.15, -0.1) is 0 Å². The zero-order valence-electron chi connectivity index (χ0n) is 10.7. The molecule has 7 nitrogen and oxygen atoms in total. The average Bonchev–Trinajstić information content (AvgIpc) is 2.52. The number of amides is 2. The van der Waals surface area contributed by atoms with Crippen molar-refractivity contribution in [3.63, 3.8) is 0 Å². The lowest BCUT2D eigenvalue weighted by atomic mass is 10.3. The topological polar surface area (TPSA) is 116 Å². The highest BCUT2D eigenvalue weighted by atomic mass is 16.2. The van der Waals surface area contributed by atoms with Crippen LogP contribution >= 0.6 is 0 Å². The van der Waals surface area contributed by atoms with Gasteiger partial charge in [-0.1, -0.05) is 0 Å². The number of rotatable bonds is 6. The molecule has 2 amide bonds. The van der Waals surface area contributed by atoms with Crippen LogP contribution in [0.1, 0.15) is 24.2 Å². The summed E-state index contributed by atoms with van der Waals surface area (Å²) in [6.45, 7) is 4.16. The van der Waals surface area contributed by atoms with Gasteiger partial charge in [0.15, 0.2) is 0 Å². The molecule has 0 aliphatic rings. The molecule has 0 atom stereocenters. The van der Waals surface area contributed by atoms with E-state index in [0.717, 1.165) is 5.69 Å². The summed E-state index contributed by atoms with van der Waals surface area (Å²) in [7, 11) is 0. The van der Waals surface area contributed by atoms with Crippen molar-refractivity contribution in [1.29, 1.82) is 0 Å². The Hall–Kier alpha value is -2.05. The molecule has 0 aliphatic carbocycles. The van der Waals surface area contributed by atoms with Gasteiger partial charge in [0.25, 0.3) is 0 Å². The Morgan fingerprint density at radius 3 is 2.56 bits per heavy atom. The fraction of sp³-hybridized carbons (Fsp3) is 0.545. The minimum absolute atomic E-state index is 0.125. The highest BCUT2D eigenvalue weighted by Crippen LogP contribution is 2.14. The van der Waals surface area contributed by atoms with E-state index in [1.54, 1.807) is 11.6 Å². The Kier molecular flexibility index (Phi) is 4.70. The van der Waals surface area contributed by atoms with Crippen LogP contribution in [0.5, 0.6) is 0 Å². The molecule has 0 unspecified atom stereocenters. The largest absolute Gasteiger partial charge is 0.396 e. The highest BCUT2D eigenvalue weighted by molar-refractivity contribution is 5.76. The van der Waals surface area contributed by atoms with Gasteiger partial charge in [0, 0.05) is 13.0 Å². The van der Waals surface area contributed by atoms with Crippen LogP contribution in [-0.2, 0) is 16.1 Å². The molecule has 18 heavy (non-hydrogen) atoms. The summed E-state index contributed by atoms with van der Waals surface area (Å²) < 4.78 is 1.56. The molecule has 0 aromatic carbocycles. The number of aromatic nitrogens is 2. The Labute approximate surface area is 106 Å². The molecule has 0 fully saturated rings. The van der Waals surface area contributed by atoms with Crippen molar-refractivity contribution in [2.75, 3.05) is 12.3 Å². The van der Waals surface area contributed by atoms with E-state index < -0.39 is 0 Å². The van der Waals surface area contributed by atoms with E-state index in [2.05, 4.69) is 10.4 Å². The maximum atomic E-state index is 11.6. The Bertz CT molecular complexity index is 453. The molecule has 0 aliphatic heterocycles. The number of carbonyl (C=O) groups excluding carboxylic acids is 2. The molecule has 100 valence electrons. The Morgan fingerprint density at radius 1 is 1.39 bits per heavy atom. The van der Waals surface area contributed by atoms with Gasteiger partial charge in [0.1, 0.15) is 6.54 Å². The number of anilines is 1. The minimum atomic E-state index is -0.365. The lowest BCUT2D eigenvalue weighted by Crippen LogP contribution is -2.29. The summed E-state index contributed by atoms with van der Waals surface area (Å²) in [5.41, 5.74) is 12.9. The fourth-order valence-electron chi connectivity index (χ4n) is 1.55. The second-order valence-corrected chi connectivity index (χ2v) is 4.16. The molecule has 5 N–H and O–H groups in total. The van der Waals surface area contributed by atoms with Gasteiger partial charge >= 0.3 is 0 Å². The van der Waals surface area contributed by atoms with Crippen LogP contribution in [0.2, 0.25) is 0 Å². The van der Waals surface area contributed by atoms with Crippen LogP contribution in [0.3, 0.4) is 0 Å². The van der Waals surface area contributed by atoms with Crippen LogP contribution in [0.25, 0.3) is 0 Å². The zero-order valence-corrected chi connectivity index (χ0v) is 10.7. The third kappa shape index (κ3) is 3.76. The number of aryl methyl sites for hydroxylation is 1. The van der Waals surface area contributed by atoms with Crippen LogP contribution in [-0.4, -0.2) is 28.1 Å². The first-order valence-electron chi connectivity index (χ1n) is 5.76. The first-order chi connectivity index (χ1) is 8.41. The van der Waals surface area contributed by atoms with E-state index in [0.29, 0.717) is 24.3 Å². The molecule has 7 heteroatoms. The SMILES string of the molecule is Cc1nn(CC(=O)NCCCC(N)=O)c(C)c1N. The number of primary amides is 1. The summed E-state index contributed by atoms with van der Waals surface area (Å²) in [5.74, 6) is -0.527. The van der Waals surface area contributed by atoms with E-state index >= 15 is 0 Å². The standard InChI is InChI=1S/C11H19N5O2/c1-7-11(13)8(2)16(15-7)6-10(18)14-5-3-4-9(12)17/h3-6,13H2,1-2H3,(H2,12,17)(H,14,18). The number of hydrogen-bond acceptors (Lipinski definition) is 4. The second-order valence-electron chi connectivity index (χ2n) is 4.16. The monoisotopic (exact) mass is 253 g/mol. The first kappa shape index (κ1) is 14.0. The molecule has 1 aromatic rings. The smallest absolute Gasteiger partial charge is 0.241 e. The number of nitrogens with two attached hydrogens (primary N) is 2. The van der Waals surface area contributed by atoms with E-state index in [9.17, 15) is 9.59 Å². The summed E-state index contributed by atoms with van der Waals surface area (Å²) in [4.78, 5) is 22.1. The lowest BCUT2D eigenvalue weighted by Gasteiger charge is -2.06. The zero-order chi connectivity index (χ0) is 13.7. The third-order valence-corrected chi connectivity index (χ3v) is 2.65. The molecular formula is C11H19N5O2. The van der Waals surface area contributed by atoms with Gasteiger partial charge in [-0.05, 0) is 20.3 Å². The minimum Gasteiger partial charge on any atom is -0.396 e. The molecule has 0 bridgehead atoms. The number of carbonyl (C=O) groups is 2. The van der Waals surface area contributed by atoms with E-state index in [-0.39, 0.29) is 24.8 Å². The van der Waals surface area contributed by atoms with E-state index in [1.807, 2.05) is 6.92 Å². The van der Waals surface area contributed by atoms with Gasteiger partial charge in [0.05, 0.1) is 17.1 Å². The van der Waals surface area contributed by atoms with Gasteiger partial charge in [0.2, 0.25) is 11.8 Å².